The molecule has 0 spiro atoms. The number of rotatable bonds is 3. The van der Waals surface area contributed by atoms with E-state index >= 15 is 0 Å². The largest absolute Gasteiger partial charge is 0.368 e. The summed E-state index contributed by atoms with van der Waals surface area (Å²) < 4.78 is 0. The van der Waals surface area contributed by atoms with Crippen LogP contribution in [0.5, 0.6) is 0 Å². The summed E-state index contributed by atoms with van der Waals surface area (Å²) in [5, 5.41) is 8.45. The molecule has 1 aromatic carbocycles. The van der Waals surface area contributed by atoms with Crippen LogP contribution in [0.4, 0.5) is 11.5 Å². The van der Waals surface area contributed by atoms with E-state index in [-0.39, 0.29) is 0 Å². The monoisotopic (exact) mass is 308 g/mol. The maximum Gasteiger partial charge on any atom is 0.160 e. The lowest BCUT2D eigenvalue weighted by Gasteiger charge is -2.36. The zero-order valence-corrected chi connectivity index (χ0v) is 13.2. The molecule has 6 heteroatoms. The van der Waals surface area contributed by atoms with Gasteiger partial charge in [-0.2, -0.15) is 5.10 Å². The number of benzene rings is 1. The van der Waals surface area contributed by atoms with E-state index < -0.39 is 0 Å². The Morgan fingerprint density at radius 3 is 2.48 bits per heavy atom. The Hall–Kier alpha value is -2.63. The van der Waals surface area contributed by atoms with E-state index in [0.29, 0.717) is 0 Å². The topological polar surface area (TPSA) is 60.9 Å². The molecule has 3 aromatic rings. The van der Waals surface area contributed by atoms with E-state index in [1.165, 1.54) is 5.69 Å². The van der Waals surface area contributed by atoms with Crippen LogP contribution in [0.15, 0.2) is 36.7 Å². The van der Waals surface area contributed by atoms with Gasteiger partial charge >= 0.3 is 0 Å². The molecule has 0 amide bonds. The number of fused-ring (bicyclic) bond motifs is 1. The minimum atomic E-state index is 0.831. The van der Waals surface area contributed by atoms with Crippen molar-refractivity contribution >= 4 is 22.5 Å². The Morgan fingerprint density at radius 2 is 1.74 bits per heavy atom. The third-order valence-corrected chi connectivity index (χ3v) is 4.45. The van der Waals surface area contributed by atoms with Gasteiger partial charge in [0.25, 0.3) is 0 Å². The number of piperazine rings is 1. The Morgan fingerprint density at radius 1 is 1.00 bits per heavy atom. The van der Waals surface area contributed by atoms with Crippen LogP contribution in [-0.2, 0) is 6.42 Å². The van der Waals surface area contributed by atoms with Gasteiger partial charge in [0.15, 0.2) is 5.65 Å². The number of hydrogen-bond acceptors (Lipinski definition) is 5. The third kappa shape index (κ3) is 2.50. The molecule has 0 atom stereocenters. The van der Waals surface area contributed by atoms with Gasteiger partial charge in [-0.05, 0) is 18.6 Å². The van der Waals surface area contributed by atoms with Crippen molar-refractivity contribution in [1.82, 2.24) is 20.2 Å². The van der Waals surface area contributed by atoms with Gasteiger partial charge in [-0.15, -0.1) is 0 Å². The van der Waals surface area contributed by atoms with Crippen molar-refractivity contribution in [2.45, 2.75) is 13.3 Å². The van der Waals surface area contributed by atoms with E-state index in [9.17, 15) is 0 Å². The molecule has 1 N–H and O–H groups in total. The fraction of sp³-hybridized carbons (Fsp3) is 0.353. The SMILES string of the molecule is CCc1n[nH]c2ncnc(N3CCN(c4ccccc4)CC3)c12. The number of H-pyrrole nitrogens is 1. The van der Waals surface area contributed by atoms with Crippen LogP contribution < -0.4 is 9.80 Å². The van der Waals surface area contributed by atoms with Crippen molar-refractivity contribution in [1.29, 1.82) is 0 Å². The molecular formula is C17H20N6. The summed E-state index contributed by atoms with van der Waals surface area (Å²) in [4.78, 5) is 13.6. The van der Waals surface area contributed by atoms with Crippen molar-refractivity contribution < 1.29 is 0 Å². The van der Waals surface area contributed by atoms with Crippen molar-refractivity contribution in [3.05, 3.63) is 42.4 Å². The quantitative estimate of drug-likeness (QED) is 0.804. The van der Waals surface area contributed by atoms with Crippen molar-refractivity contribution in [3.63, 3.8) is 0 Å². The van der Waals surface area contributed by atoms with Gasteiger partial charge in [0, 0.05) is 31.9 Å². The van der Waals surface area contributed by atoms with Crippen LogP contribution >= 0.6 is 0 Å². The lowest BCUT2D eigenvalue weighted by atomic mass is 10.2. The number of aryl methyl sites for hydroxylation is 1. The Kier molecular flexibility index (Phi) is 3.57. The number of nitrogens with zero attached hydrogens (tertiary/aromatic N) is 5. The minimum absolute atomic E-state index is 0.831. The second-order valence-corrected chi connectivity index (χ2v) is 5.75. The zero-order chi connectivity index (χ0) is 15.6. The average Bonchev–Trinajstić information content (AvgIpc) is 3.06. The first-order valence-electron chi connectivity index (χ1n) is 8.09. The van der Waals surface area contributed by atoms with E-state index in [0.717, 1.165) is 55.1 Å². The summed E-state index contributed by atoms with van der Waals surface area (Å²) in [6.45, 7) is 6.01. The number of para-hydroxylation sites is 1. The van der Waals surface area contributed by atoms with Gasteiger partial charge < -0.3 is 9.80 Å². The second kappa shape index (κ2) is 5.87. The predicted octanol–water partition coefficient (Wildman–Crippen LogP) is 2.24. The molecule has 0 radical (unpaired) electrons. The van der Waals surface area contributed by atoms with Gasteiger partial charge in [0.05, 0.1) is 11.1 Å². The molecule has 23 heavy (non-hydrogen) atoms. The Labute approximate surface area is 135 Å². The Bertz CT molecular complexity index is 789. The smallest absolute Gasteiger partial charge is 0.160 e. The molecule has 118 valence electrons. The standard InChI is InChI=1S/C17H20N6/c1-2-14-15-16(21-20-14)18-12-19-17(15)23-10-8-22(9-11-23)13-6-4-3-5-7-13/h3-7,12H,2,8-11H2,1H3,(H,18,19,20,21). The highest BCUT2D eigenvalue weighted by molar-refractivity contribution is 5.89. The van der Waals surface area contributed by atoms with Crippen molar-refractivity contribution in [2.24, 2.45) is 0 Å². The van der Waals surface area contributed by atoms with Crippen molar-refractivity contribution in [2.75, 3.05) is 36.0 Å². The molecule has 0 unspecified atom stereocenters. The maximum atomic E-state index is 4.55. The van der Waals surface area contributed by atoms with Gasteiger partial charge in [-0.1, -0.05) is 25.1 Å². The van der Waals surface area contributed by atoms with Crippen LogP contribution in [0.2, 0.25) is 0 Å². The van der Waals surface area contributed by atoms with Gasteiger partial charge in [-0.25, -0.2) is 9.97 Å². The van der Waals surface area contributed by atoms with E-state index in [1.54, 1.807) is 6.33 Å². The first kappa shape index (κ1) is 14.0. The summed E-state index contributed by atoms with van der Waals surface area (Å²) in [5.74, 6) is 1.01. The highest BCUT2D eigenvalue weighted by Crippen LogP contribution is 2.26. The van der Waals surface area contributed by atoms with Gasteiger partial charge in [0.2, 0.25) is 0 Å². The molecule has 0 saturated carbocycles. The van der Waals surface area contributed by atoms with E-state index in [2.05, 4.69) is 67.2 Å². The molecule has 3 heterocycles. The van der Waals surface area contributed by atoms with Gasteiger partial charge in [0.1, 0.15) is 12.1 Å². The van der Waals surface area contributed by atoms with Crippen LogP contribution in [0.3, 0.4) is 0 Å². The van der Waals surface area contributed by atoms with Crippen LogP contribution in [0.25, 0.3) is 11.0 Å². The van der Waals surface area contributed by atoms with Crippen molar-refractivity contribution in [3.8, 4) is 0 Å². The number of aromatic amines is 1. The summed E-state index contributed by atoms with van der Waals surface area (Å²) >= 11 is 0. The van der Waals surface area contributed by atoms with Crippen LogP contribution in [-0.4, -0.2) is 46.3 Å². The molecule has 1 aliphatic rings. The summed E-state index contributed by atoms with van der Waals surface area (Å²) in [6, 6.07) is 10.6. The number of anilines is 2. The van der Waals surface area contributed by atoms with Crippen LogP contribution in [0, 0.1) is 0 Å². The molecule has 0 aliphatic carbocycles. The molecule has 1 saturated heterocycles. The average molecular weight is 308 g/mol. The van der Waals surface area contributed by atoms with E-state index in [1.807, 2.05) is 0 Å². The maximum absolute atomic E-state index is 4.55. The molecular weight excluding hydrogens is 288 g/mol. The molecule has 6 nitrogen and oxygen atoms in total. The molecule has 2 aromatic heterocycles. The normalized spacial score (nSPS) is 15.3. The molecule has 1 fully saturated rings. The van der Waals surface area contributed by atoms with Gasteiger partial charge in [-0.3, -0.25) is 5.10 Å². The minimum Gasteiger partial charge on any atom is -0.368 e. The highest BCUT2D eigenvalue weighted by Gasteiger charge is 2.22. The summed E-state index contributed by atoms with van der Waals surface area (Å²) in [6.07, 6.45) is 2.50. The summed E-state index contributed by atoms with van der Waals surface area (Å²) in [7, 11) is 0. The third-order valence-electron chi connectivity index (χ3n) is 4.45. The molecule has 4 rings (SSSR count). The molecule has 0 bridgehead atoms. The van der Waals surface area contributed by atoms with E-state index in [4.69, 9.17) is 0 Å². The number of hydrogen-bond donors (Lipinski definition) is 1. The molecule has 1 aliphatic heterocycles. The summed E-state index contributed by atoms with van der Waals surface area (Å²) in [5.41, 5.74) is 3.16. The van der Waals surface area contributed by atoms with Crippen LogP contribution in [0.1, 0.15) is 12.6 Å². The lowest BCUT2D eigenvalue weighted by Crippen LogP contribution is -2.46. The number of aromatic nitrogens is 4. The first-order chi connectivity index (χ1) is 11.4. The zero-order valence-electron chi connectivity index (χ0n) is 13.2. The lowest BCUT2D eigenvalue weighted by molar-refractivity contribution is 0.649. The predicted molar refractivity (Wildman–Crippen MR) is 91.9 cm³/mol. The Balaban J connectivity index is 1.58. The number of nitrogens with one attached hydrogen (secondary N) is 1. The fourth-order valence-corrected chi connectivity index (χ4v) is 3.21. The second-order valence-electron chi connectivity index (χ2n) is 5.75. The fourth-order valence-electron chi connectivity index (χ4n) is 3.21. The highest BCUT2D eigenvalue weighted by atomic mass is 15.3. The first-order valence-corrected chi connectivity index (χ1v) is 8.09.